The van der Waals surface area contributed by atoms with Gasteiger partial charge in [0, 0.05) is 17.0 Å². The fraction of sp³-hybridized carbons (Fsp3) is 0.421. The molecular weight excluding hydrogens is 320 g/mol. The number of hydrogen-bond acceptors (Lipinski definition) is 5. The number of thiophene rings is 1. The van der Waals surface area contributed by atoms with Crippen molar-refractivity contribution in [3.05, 3.63) is 39.8 Å². The van der Waals surface area contributed by atoms with Crippen LogP contribution in [0.3, 0.4) is 0 Å². The van der Waals surface area contributed by atoms with Gasteiger partial charge in [0.2, 0.25) is 0 Å². The van der Waals surface area contributed by atoms with E-state index in [1.54, 1.807) is 0 Å². The lowest BCUT2D eigenvalue weighted by molar-refractivity contribution is 0.0603. The van der Waals surface area contributed by atoms with E-state index in [0.717, 1.165) is 41.2 Å². The van der Waals surface area contributed by atoms with Gasteiger partial charge in [0.05, 0.1) is 7.11 Å². The average Bonchev–Trinajstić information content (AvgIpc) is 3.15. The Morgan fingerprint density at radius 3 is 2.62 bits per heavy atom. The van der Waals surface area contributed by atoms with Crippen molar-refractivity contribution in [3.63, 3.8) is 0 Å². The molecule has 5 heteroatoms. The Morgan fingerprint density at radius 2 is 2.00 bits per heavy atom. The van der Waals surface area contributed by atoms with Crippen LogP contribution in [0.1, 0.15) is 39.2 Å². The van der Waals surface area contributed by atoms with Crippen LogP contribution in [0.5, 0.6) is 0 Å². The number of ether oxygens (including phenoxy) is 1. The zero-order valence-electron chi connectivity index (χ0n) is 14.5. The number of benzene rings is 1. The van der Waals surface area contributed by atoms with Gasteiger partial charge >= 0.3 is 5.97 Å². The van der Waals surface area contributed by atoms with E-state index in [2.05, 4.69) is 36.9 Å². The first-order chi connectivity index (χ1) is 11.5. The van der Waals surface area contributed by atoms with Gasteiger partial charge in [0.25, 0.3) is 0 Å². The molecule has 0 bridgehead atoms. The number of methoxy groups -OCH3 is 1. The van der Waals surface area contributed by atoms with Crippen molar-refractivity contribution in [1.29, 1.82) is 0 Å². The summed E-state index contributed by atoms with van der Waals surface area (Å²) in [4.78, 5) is 15.9. The molecule has 0 saturated carbocycles. The predicted octanol–water partition coefficient (Wildman–Crippen LogP) is 4.00. The summed E-state index contributed by atoms with van der Waals surface area (Å²) in [6.07, 6.45) is 2.48. The summed E-state index contributed by atoms with van der Waals surface area (Å²) >= 11 is 1.51. The quantitative estimate of drug-likeness (QED) is 0.852. The summed E-state index contributed by atoms with van der Waals surface area (Å²) < 4.78 is 5.00. The van der Waals surface area contributed by atoms with Crippen LogP contribution in [0.4, 0.5) is 5.00 Å². The van der Waals surface area contributed by atoms with E-state index in [0.29, 0.717) is 10.6 Å². The molecule has 3 rings (SSSR count). The predicted molar refractivity (Wildman–Crippen MR) is 99.5 cm³/mol. The highest BCUT2D eigenvalue weighted by atomic mass is 32.1. The van der Waals surface area contributed by atoms with E-state index in [1.165, 1.54) is 36.9 Å². The van der Waals surface area contributed by atoms with Crippen LogP contribution in [0.2, 0.25) is 0 Å². The van der Waals surface area contributed by atoms with Gasteiger partial charge in [0.15, 0.2) is 0 Å². The molecule has 1 aromatic carbocycles. The maximum absolute atomic E-state index is 12.3. The Balaban J connectivity index is 2.13. The maximum atomic E-state index is 12.3. The zero-order valence-corrected chi connectivity index (χ0v) is 15.3. The Morgan fingerprint density at radius 1 is 1.29 bits per heavy atom. The fourth-order valence-corrected chi connectivity index (χ4v) is 4.55. The highest BCUT2D eigenvalue weighted by molar-refractivity contribution is 7.17. The van der Waals surface area contributed by atoms with Crippen LogP contribution in [0.25, 0.3) is 11.1 Å². The maximum Gasteiger partial charge on any atom is 0.341 e. The number of nitrogens with two attached hydrogens (primary N) is 1. The lowest BCUT2D eigenvalue weighted by atomic mass is 9.95. The van der Waals surface area contributed by atoms with E-state index in [4.69, 9.17) is 10.5 Å². The first-order valence-corrected chi connectivity index (χ1v) is 9.12. The molecule has 0 amide bonds. The molecule has 0 radical (unpaired) electrons. The lowest BCUT2D eigenvalue weighted by Gasteiger charge is -2.16. The molecule has 1 aliphatic rings. The van der Waals surface area contributed by atoms with Gasteiger partial charge in [0.1, 0.15) is 10.6 Å². The number of esters is 1. The molecule has 4 nitrogen and oxygen atoms in total. The van der Waals surface area contributed by atoms with Crippen LogP contribution in [-0.4, -0.2) is 31.1 Å². The van der Waals surface area contributed by atoms with Gasteiger partial charge in [-0.25, -0.2) is 4.79 Å². The smallest absolute Gasteiger partial charge is 0.341 e. The minimum absolute atomic E-state index is 0.355. The molecule has 0 atom stereocenters. The highest BCUT2D eigenvalue weighted by Crippen LogP contribution is 2.41. The number of aryl methyl sites for hydroxylation is 2. The van der Waals surface area contributed by atoms with Crippen LogP contribution >= 0.6 is 11.3 Å². The van der Waals surface area contributed by atoms with Crippen LogP contribution < -0.4 is 5.73 Å². The first kappa shape index (κ1) is 17.0. The molecule has 0 unspecified atom stereocenters. The summed E-state index contributed by atoms with van der Waals surface area (Å²) in [5.41, 5.74) is 11.1. The highest BCUT2D eigenvalue weighted by Gasteiger charge is 2.26. The number of likely N-dealkylation sites (tertiary alicyclic amines) is 1. The number of carbonyl (C=O) groups excluding carboxylic acids is 1. The third kappa shape index (κ3) is 3.19. The van der Waals surface area contributed by atoms with E-state index in [9.17, 15) is 4.79 Å². The molecular formula is C19H24N2O2S. The SMILES string of the molecule is COC(=O)c1c(N)sc(CN2CCCC2)c1-c1ccc(C)cc1C. The molecule has 2 heterocycles. The number of nitrogen functional groups attached to an aromatic ring is 1. The van der Waals surface area contributed by atoms with Gasteiger partial charge in [-0.1, -0.05) is 23.8 Å². The second-order valence-electron chi connectivity index (χ2n) is 6.43. The molecule has 2 aromatic rings. The molecule has 1 fully saturated rings. The Labute approximate surface area is 147 Å². The van der Waals surface area contributed by atoms with Crippen molar-refractivity contribution in [1.82, 2.24) is 4.90 Å². The molecule has 128 valence electrons. The van der Waals surface area contributed by atoms with Gasteiger partial charge in [-0.05, 0) is 50.9 Å². The van der Waals surface area contributed by atoms with Gasteiger partial charge in [-0.3, -0.25) is 4.90 Å². The minimum atomic E-state index is -0.355. The minimum Gasteiger partial charge on any atom is -0.465 e. The largest absolute Gasteiger partial charge is 0.465 e. The van der Waals surface area contributed by atoms with E-state index in [-0.39, 0.29) is 5.97 Å². The number of anilines is 1. The van der Waals surface area contributed by atoms with E-state index in [1.807, 2.05) is 0 Å². The number of hydrogen-bond donors (Lipinski definition) is 1. The van der Waals surface area contributed by atoms with Crippen molar-refractivity contribution in [2.75, 3.05) is 25.9 Å². The number of nitrogens with zero attached hydrogens (tertiary/aromatic N) is 1. The van der Waals surface area contributed by atoms with Crippen molar-refractivity contribution in [2.45, 2.75) is 33.2 Å². The fourth-order valence-electron chi connectivity index (χ4n) is 3.44. The topological polar surface area (TPSA) is 55.6 Å². The van der Waals surface area contributed by atoms with Crippen molar-refractivity contribution in [3.8, 4) is 11.1 Å². The molecule has 1 aromatic heterocycles. The summed E-state index contributed by atoms with van der Waals surface area (Å²) in [6.45, 7) is 7.21. The second-order valence-corrected chi connectivity index (χ2v) is 7.57. The average molecular weight is 344 g/mol. The van der Waals surface area contributed by atoms with Gasteiger partial charge in [-0.15, -0.1) is 11.3 Å². The Bertz CT molecular complexity index is 761. The summed E-state index contributed by atoms with van der Waals surface area (Å²) in [5, 5.41) is 0.547. The number of rotatable bonds is 4. The molecule has 24 heavy (non-hydrogen) atoms. The van der Waals surface area contributed by atoms with Crippen molar-refractivity contribution in [2.24, 2.45) is 0 Å². The summed E-state index contributed by atoms with van der Waals surface area (Å²) in [6, 6.07) is 6.31. The van der Waals surface area contributed by atoms with Crippen LogP contribution in [-0.2, 0) is 11.3 Å². The first-order valence-electron chi connectivity index (χ1n) is 8.30. The molecule has 2 N–H and O–H groups in total. The molecule has 1 saturated heterocycles. The normalized spacial score (nSPS) is 15.0. The van der Waals surface area contributed by atoms with E-state index >= 15 is 0 Å². The second kappa shape index (κ2) is 6.95. The lowest BCUT2D eigenvalue weighted by Crippen LogP contribution is -2.18. The van der Waals surface area contributed by atoms with Crippen molar-refractivity contribution < 1.29 is 9.53 Å². The van der Waals surface area contributed by atoms with Gasteiger partial charge in [-0.2, -0.15) is 0 Å². The monoisotopic (exact) mass is 344 g/mol. The third-order valence-corrected chi connectivity index (χ3v) is 5.62. The molecule has 1 aliphatic heterocycles. The van der Waals surface area contributed by atoms with E-state index < -0.39 is 0 Å². The van der Waals surface area contributed by atoms with Crippen molar-refractivity contribution >= 4 is 22.3 Å². The van der Waals surface area contributed by atoms with Gasteiger partial charge < -0.3 is 10.5 Å². The Kier molecular flexibility index (Phi) is 4.92. The summed E-state index contributed by atoms with van der Waals surface area (Å²) in [5.74, 6) is -0.355. The third-order valence-electron chi connectivity index (χ3n) is 4.62. The molecule has 0 aliphatic carbocycles. The Hall–Kier alpha value is -1.85. The van der Waals surface area contributed by atoms with Crippen LogP contribution in [0, 0.1) is 13.8 Å². The summed E-state index contributed by atoms with van der Waals surface area (Å²) in [7, 11) is 1.41. The zero-order chi connectivity index (χ0) is 17.3. The standard InChI is InChI=1S/C19H24N2O2S/c1-12-6-7-14(13(2)10-12)16-15(11-21-8-4-5-9-21)24-18(20)17(16)19(22)23-3/h6-7,10H,4-5,8-9,11,20H2,1-3H3. The molecule has 0 spiro atoms. The van der Waals surface area contributed by atoms with Crippen LogP contribution in [0.15, 0.2) is 18.2 Å². The number of carbonyl (C=O) groups is 1.